The van der Waals surface area contributed by atoms with Gasteiger partial charge < -0.3 is 4.74 Å². The van der Waals surface area contributed by atoms with Crippen LogP contribution in [-0.2, 0) is 21.4 Å². The van der Waals surface area contributed by atoms with Crippen molar-refractivity contribution < 1.29 is 23.2 Å². The van der Waals surface area contributed by atoms with Crippen LogP contribution in [0.2, 0.25) is 0 Å². The van der Waals surface area contributed by atoms with Crippen LogP contribution in [0.25, 0.3) is 11.1 Å². The molecule has 0 bridgehead atoms. The van der Waals surface area contributed by atoms with Crippen molar-refractivity contribution in [3.63, 3.8) is 0 Å². The topological polar surface area (TPSA) is 109 Å². The number of hydroxylamine groups is 1. The molecule has 2 N–H and O–H groups in total. The second-order valence-corrected chi connectivity index (χ2v) is 8.31. The monoisotopic (exact) mass is 391 g/mol. The maximum Gasteiger partial charge on any atom is 0.261 e. The zero-order valence-corrected chi connectivity index (χ0v) is 15.6. The largest absolute Gasteiger partial charge is 0.496 e. The Bertz CT molecular complexity index is 915. The molecular weight excluding hydrogens is 370 g/mol. The Morgan fingerprint density at radius 3 is 2.74 bits per heavy atom. The Hall–Kier alpha value is -2.49. The second kappa shape index (κ2) is 8.03. The number of hydrogen-bond acceptors (Lipinski definition) is 6. The predicted octanol–water partition coefficient (Wildman–Crippen LogP) is 1.56. The molecule has 1 aromatic heterocycles. The van der Waals surface area contributed by atoms with Crippen LogP contribution in [0.3, 0.4) is 0 Å². The van der Waals surface area contributed by atoms with E-state index in [0.29, 0.717) is 18.6 Å². The number of benzene rings is 1. The molecule has 1 amide bonds. The molecule has 1 fully saturated rings. The SMILES string of the molecule is COc1ccncc1-c1ccc(CN2[C@@H](C(=O)NO)CCCS2(=O)=O)cc1. The van der Waals surface area contributed by atoms with E-state index in [-0.39, 0.29) is 12.3 Å². The highest BCUT2D eigenvalue weighted by Crippen LogP contribution is 2.29. The van der Waals surface area contributed by atoms with Gasteiger partial charge in [-0.2, -0.15) is 4.31 Å². The number of carbonyl (C=O) groups is 1. The first kappa shape index (κ1) is 19.3. The van der Waals surface area contributed by atoms with Gasteiger partial charge in [-0.3, -0.25) is 15.0 Å². The number of aromatic nitrogens is 1. The van der Waals surface area contributed by atoms with Gasteiger partial charge in [-0.15, -0.1) is 0 Å². The molecule has 1 aliphatic heterocycles. The quantitative estimate of drug-likeness (QED) is 0.591. The molecular formula is C18H21N3O5S. The second-order valence-electron chi connectivity index (χ2n) is 6.27. The summed E-state index contributed by atoms with van der Waals surface area (Å²) in [4.78, 5) is 16.0. The number of carbonyl (C=O) groups excluding carboxylic acids is 1. The van der Waals surface area contributed by atoms with Gasteiger partial charge in [0.1, 0.15) is 11.8 Å². The van der Waals surface area contributed by atoms with E-state index in [1.165, 1.54) is 0 Å². The lowest BCUT2D eigenvalue weighted by molar-refractivity contribution is -0.133. The lowest BCUT2D eigenvalue weighted by atomic mass is 10.0. The highest BCUT2D eigenvalue weighted by atomic mass is 32.2. The van der Waals surface area contributed by atoms with Gasteiger partial charge in [-0.25, -0.2) is 13.9 Å². The molecule has 0 aliphatic carbocycles. The van der Waals surface area contributed by atoms with E-state index in [1.807, 2.05) is 12.1 Å². The van der Waals surface area contributed by atoms with Crippen LogP contribution in [0.5, 0.6) is 5.75 Å². The molecule has 9 heteroatoms. The molecule has 144 valence electrons. The van der Waals surface area contributed by atoms with Crippen LogP contribution in [0.1, 0.15) is 18.4 Å². The summed E-state index contributed by atoms with van der Waals surface area (Å²) in [5.41, 5.74) is 4.02. The minimum absolute atomic E-state index is 0.00677. The number of pyridine rings is 1. The molecule has 8 nitrogen and oxygen atoms in total. The fourth-order valence-corrected chi connectivity index (χ4v) is 4.91. The molecule has 0 unspecified atom stereocenters. The summed E-state index contributed by atoms with van der Waals surface area (Å²) >= 11 is 0. The van der Waals surface area contributed by atoms with Crippen LogP contribution >= 0.6 is 0 Å². The van der Waals surface area contributed by atoms with Crippen molar-refractivity contribution in [2.75, 3.05) is 12.9 Å². The molecule has 2 aromatic rings. The normalized spacial score (nSPS) is 19.4. The molecule has 0 radical (unpaired) electrons. The smallest absolute Gasteiger partial charge is 0.261 e. The summed E-state index contributed by atoms with van der Waals surface area (Å²) in [5.74, 6) is -0.0290. The van der Waals surface area contributed by atoms with E-state index in [9.17, 15) is 13.2 Å². The van der Waals surface area contributed by atoms with Gasteiger partial charge in [0.05, 0.1) is 12.9 Å². The Balaban J connectivity index is 1.85. The average Bonchev–Trinajstić information content (AvgIpc) is 2.69. The summed E-state index contributed by atoms with van der Waals surface area (Å²) in [6.07, 6.45) is 4.10. The minimum atomic E-state index is -3.57. The van der Waals surface area contributed by atoms with Crippen molar-refractivity contribution in [2.24, 2.45) is 0 Å². The average molecular weight is 391 g/mol. The van der Waals surface area contributed by atoms with Gasteiger partial charge in [-0.05, 0) is 30.0 Å². The Kier molecular flexibility index (Phi) is 5.73. The first-order valence-electron chi connectivity index (χ1n) is 8.47. The van der Waals surface area contributed by atoms with E-state index in [1.54, 1.807) is 43.2 Å². The lowest BCUT2D eigenvalue weighted by Crippen LogP contribution is -2.51. The number of ether oxygens (including phenoxy) is 1. The lowest BCUT2D eigenvalue weighted by Gasteiger charge is -2.33. The fourth-order valence-electron chi connectivity index (χ4n) is 3.21. The van der Waals surface area contributed by atoms with Gasteiger partial charge in [0, 0.05) is 24.5 Å². The zero-order chi connectivity index (χ0) is 19.4. The standard InChI is InChI=1S/C18H21N3O5S/c1-26-17-8-9-19-11-15(17)14-6-4-13(5-7-14)12-21-16(18(22)20-23)3-2-10-27(21,24)25/h4-9,11,16,23H,2-3,10,12H2,1H3,(H,20,22)/t16-/m1/s1. The molecule has 1 saturated heterocycles. The van der Waals surface area contributed by atoms with Crippen molar-refractivity contribution in [3.8, 4) is 16.9 Å². The number of sulfonamides is 1. The maximum atomic E-state index is 12.4. The van der Waals surface area contributed by atoms with Crippen LogP contribution < -0.4 is 10.2 Å². The molecule has 1 aliphatic rings. The molecule has 3 rings (SSSR count). The van der Waals surface area contributed by atoms with Crippen LogP contribution in [0.15, 0.2) is 42.7 Å². The Morgan fingerprint density at radius 1 is 1.33 bits per heavy atom. The summed E-state index contributed by atoms with van der Waals surface area (Å²) in [6.45, 7) is 0.0604. The molecule has 0 saturated carbocycles. The molecule has 2 heterocycles. The fraction of sp³-hybridized carbons (Fsp3) is 0.333. The van der Waals surface area contributed by atoms with Crippen molar-refractivity contribution in [1.29, 1.82) is 0 Å². The van der Waals surface area contributed by atoms with Gasteiger partial charge >= 0.3 is 0 Å². The summed E-state index contributed by atoms with van der Waals surface area (Å²) in [5, 5.41) is 8.91. The summed E-state index contributed by atoms with van der Waals surface area (Å²) in [7, 11) is -1.98. The number of nitrogens with one attached hydrogen (secondary N) is 1. The third-order valence-corrected chi connectivity index (χ3v) is 6.50. The number of methoxy groups -OCH3 is 1. The van der Waals surface area contributed by atoms with Crippen LogP contribution in [0, 0.1) is 0 Å². The number of rotatable bonds is 5. The number of hydrogen-bond donors (Lipinski definition) is 2. The van der Waals surface area contributed by atoms with E-state index in [0.717, 1.165) is 21.0 Å². The summed E-state index contributed by atoms with van der Waals surface area (Å²) in [6, 6.07) is 8.17. The van der Waals surface area contributed by atoms with E-state index in [2.05, 4.69) is 4.98 Å². The van der Waals surface area contributed by atoms with E-state index < -0.39 is 22.0 Å². The Morgan fingerprint density at radius 2 is 2.07 bits per heavy atom. The molecule has 27 heavy (non-hydrogen) atoms. The van der Waals surface area contributed by atoms with E-state index in [4.69, 9.17) is 9.94 Å². The predicted molar refractivity (Wildman–Crippen MR) is 98.5 cm³/mol. The molecule has 0 spiro atoms. The van der Waals surface area contributed by atoms with Gasteiger partial charge in [0.15, 0.2) is 0 Å². The minimum Gasteiger partial charge on any atom is -0.496 e. The highest BCUT2D eigenvalue weighted by Gasteiger charge is 2.38. The molecule has 1 atom stereocenters. The van der Waals surface area contributed by atoms with Crippen molar-refractivity contribution in [2.45, 2.75) is 25.4 Å². The van der Waals surface area contributed by atoms with Crippen molar-refractivity contribution in [3.05, 3.63) is 48.3 Å². The zero-order valence-electron chi connectivity index (χ0n) is 14.8. The van der Waals surface area contributed by atoms with E-state index >= 15 is 0 Å². The molecule has 1 aromatic carbocycles. The Labute approximate surface area is 157 Å². The first-order valence-corrected chi connectivity index (χ1v) is 10.1. The third-order valence-electron chi connectivity index (χ3n) is 4.60. The van der Waals surface area contributed by atoms with Crippen LogP contribution in [-0.4, -0.2) is 47.7 Å². The van der Waals surface area contributed by atoms with Crippen molar-refractivity contribution >= 4 is 15.9 Å². The van der Waals surface area contributed by atoms with Gasteiger partial charge in [-0.1, -0.05) is 24.3 Å². The van der Waals surface area contributed by atoms with Crippen LogP contribution in [0.4, 0.5) is 0 Å². The highest BCUT2D eigenvalue weighted by molar-refractivity contribution is 7.89. The third kappa shape index (κ3) is 4.10. The number of nitrogens with zero attached hydrogens (tertiary/aromatic N) is 2. The van der Waals surface area contributed by atoms with Gasteiger partial charge in [0.25, 0.3) is 5.91 Å². The maximum absolute atomic E-state index is 12.4. The van der Waals surface area contributed by atoms with Crippen molar-refractivity contribution in [1.82, 2.24) is 14.8 Å². The first-order chi connectivity index (χ1) is 13.0. The van der Waals surface area contributed by atoms with Gasteiger partial charge in [0.2, 0.25) is 10.0 Å². The summed E-state index contributed by atoms with van der Waals surface area (Å²) < 4.78 is 31.3. The number of amides is 1.